The molecule has 6 nitrogen and oxygen atoms in total. The van der Waals surface area contributed by atoms with Crippen molar-refractivity contribution in [3.8, 4) is 18.0 Å². The van der Waals surface area contributed by atoms with E-state index < -0.39 is 127 Å². The molecule has 0 unspecified atom stereocenters. The number of rotatable bonds is 21. The summed E-state index contributed by atoms with van der Waals surface area (Å²) in [6.07, 6.45) is -20.5. The predicted octanol–water partition coefficient (Wildman–Crippen LogP) is 10.7. The van der Waals surface area contributed by atoms with Gasteiger partial charge in [0.1, 0.15) is 0 Å². The summed E-state index contributed by atoms with van der Waals surface area (Å²) in [4.78, 5) is 6.12. The number of nitrogens with zero attached hydrogens (tertiary/aromatic N) is 3. The van der Waals surface area contributed by atoms with E-state index in [-0.39, 0.29) is 7.11 Å². The molecule has 1 aromatic heterocycles. The van der Waals surface area contributed by atoms with Crippen molar-refractivity contribution in [2.75, 3.05) is 13.7 Å². The number of hydrogen-bond acceptors (Lipinski definition) is 6. The largest absolute Gasteiger partial charge is 0.473 e. The molecule has 1 heterocycles. The highest BCUT2D eigenvalue weighted by Crippen LogP contribution is 2.65. The second kappa shape index (κ2) is 15.3. The number of methoxy groups -OCH3 is 1. The van der Waals surface area contributed by atoms with Crippen molar-refractivity contribution >= 4 is 0 Å². The summed E-state index contributed by atoms with van der Waals surface area (Å²) < 4.78 is 470. The first-order valence-electron chi connectivity index (χ1n) is 13.6. The average molecular weight is 1010 g/mol. The number of ether oxygens (including phenoxy) is 3. The lowest BCUT2D eigenvalue weighted by Crippen LogP contribution is -2.75. The standard InChI is InChI=1S/C22H7F34N3O3/c1-60-5-57-6(61-2-8(27,28)11(33,34)14(39,40)17(45,46)15(41,42)12(35,36)9(29,30)3(23)24)59-7(58-5)62-22(55,56)21(53,54)20(51,52)19(49,50)18(47,48)16(43,44)13(37,38)10(31,32)4(25)26/h3-4H,2H2,1H3. The zero-order valence-corrected chi connectivity index (χ0v) is 27.3. The Kier molecular flexibility index (Phi) is 13.9. The lowest BCUT2D eigenvalue weighted by molar-refractivity contribution is -0.468. The summed E-state index contributed by atoms with van der Waals surface area (Å²) in [5, 5.41) is 0. The van der Waals surface area contributed by atoms with Gasteiger partial charge in [0.25, 0.3) is 0 Å². The van der Waals surface area contributed by atoms with E-state index in [2.05, 4.69) is 24.2 Å². The molecule has 0 N–H and O–H groups in total. The van der Waals surface area contributed by atoms with Crippen molar-refractivity contribution in [3.63, 3.8) is 0 Å². The minimum Gasteiger partial charge on any atom is -0.467 e. The van der Waals surface area contributed by atoms with Crippen LogP contribution in [0.2, 0.25) is 0 Å². The van der Waals surface area contributed by atoms with Crippen molar-refractivity contribution in [1.29, 1.82) is 0 Å². The van der Waals surface area contributed by atoms with Crippen molar-refractivity contribution in [1.82, 2.24) is 15.0 Å². The maximum atomic E-state index is 14.2. The molecule has 62 heavy (non-hydrogen) atoms. The van der Waals surface area contributed by atoms with E-state index in [1.807, 2.05) is 0 Å². The fraction of sp³-hybridized carbons (Fsp3) is 0.864. The van der Waals surface area contributed by atoms with Crippen LogP contribution in [-0.2, 0) is 0 Å². The van der Waals surface area contributed by atoms with Crippen LogP contribution in [0.3, 0.4) is 0 Å². The normalized spacial score (nSPS) is 16.0. The summed E-state index contributed by atoms with van der Waals surface area (Å²) in [6.45, 7) is -4.07. The van der Waals surface area contributed by atoms with E-state index in [0.717, 1.165) is 0 Å². The molecule has 0 saturated heterocycles. The predicted molar refractivity (Wildman–Crippen MR) is 119 cm³/mol. The molecule has 366 valence electrons. The molecule has 0 spiro atoms. The van der Waals surface area contributed by atoms with Crippen molar-refractivity contribution in [2.45, 2.75) is 102 Å². The van der Waals surface area contributed by atoms with Gasteiger partial charge in [-0.3, -0.25) is 0 Å². The number of alkyl halides is 34. The van der Waals surface area contributed by atoms with Gasteiger partial charge in [0.05, 0.1) is 7.11 Å². The summed E-state index contributed by atoms with van der Waals surface area (Å²) in [7, 11) is 0.0266. The highest BCUT2D eigenvalue weighted by molar-refractivity contribution is 5.18. The van der Waals surface area contributed by atoms with Gasteiger partial charge in [-0.25, -0.2) is 17.6 Å². The van der Waals surface area contributed by atoms with Crippen LogP contribution in [0.4, 0.5) is 149 Å². The fourth-order valence-electron chi connectivity index (χ4n) is 3.43. The summed E-state index contributed by atoms with van der Waals surface area (Å²) in [5.74, 6) is -121. The third-order valence-corrected chi connectivity index (χ3v) is 7.12. The van der Waals surface area contributed by atoms with Crippen LogP contribution in [0.1, 0.15) is 0 Å². The molecule has 0 aromatic carbocycles. The monoisotopic (exact) mass is 1010 g/mol. The van der Waals surface area contributed by atoms with Gasteiger partial charge >= 0.3 is 120 Å². The van der Waals surface area contributed by atoms with Crippen LogP contribution in [0.5, 0.6) is 18.0 Å². The minimum absolute atomic E-state index is 0.0266. The topological polar surface area (TPSA) is 66.4 Å². The Morgan fingerprint density at radius 3 is 0.919 bits per heavy atom. The maximum Gasteiger partial charge on any atom is 0.473 e. The molecule has 0 atom stereocenters. The highest BCUT2D eigenvalue weighted by atomic mass is 19.4. The highest BCUT2D eigenvalue weighted by Gasteiger charge is 2.97. The summed E-state index contributed by atoms with van der Waals surface area (Å²) >= 11 is 0. The Morgan fingerprint density at radius 2 is 0.613 bits per heavy atom. The van der Waals surface area contributed by atoms with Crippen LogP contribution >= 0.6 is 0 Å². The van der Waals surface area contributed by atoms with E-state index in [1.165, 1.54) is 0 Å². The number of halogens is 34. The Hall–Kier alpha value is -3.97. The molecule has 0 fully saturated rings. The molecular formula is C22H7F34N3O3. The Bertz CT molecular complexity index is 1740. The van der Waals surface area contributed by atoms with Crippen LogP contribution in [-0.4, -0.2) is 131 Å². The van der Waals surface area contributed by atoms with Crippen LogP contribution in [0.15, 0.2) is 0 Å². The first-order chi connectivity index (χ1) is 26.7. The molecule has 40 heteroatoms. The average Bonchev–Trinajstić information content (AvgIpc) is 3.08. The van der Waals surface area contributed by atoms with Gasteiger partial charge in [-0.05, 0) is 0 Å². The van der Waals surface area contributed by atoms with Gasteiger partial charge in [0, 0.05) is 0 Å². The lowest BCUT2D eigenvalue weighted by atomic mass is 9.89. The molecular weight excluding hydrogens is 1000 g/mol. The van der Waals surface area contributed by atoms with Crippen molar-refractivity contribution in [2.24, 2.45) is 0 Å². The fourth-order valence-corrected chi connectivity index (χ4v) is 3.43. The molecule has 1 aromatic rings. The van der Waals surface area contributed by atoms with E-state index in [9.17, 15) is 149 Å². The van der Waals surface area contributed by atoms with Gasteiger partial charge in [0.15, 0.2) is 6.61 Å². The van der Waals surface area contributed by atoms with Gasteiger partial charge in [-0.2, -0.15) is 132 Å². The van der Waals surface area contributed by atoms with Crippen molar-refractivity contribution < 1.29 is 163 Å². The van der Waals surface area contributed by atoms with Crippen LogP contribution in [0.25, 0.3) is 0 Å². The molecule has 0 saturated carbocycles. The third-order valence-electron chi connectivity index (χ3n) is 7.12. The maximum absolute atomic E-state index is 14.2. The zero-order valence-electron chi connectivity index (χ0n) is 27.3. The molecule has 1 rings (SSSR count). The summed E-state index contributed by atoms with van der Waals surface area (Å²) in [5.41, 5.74) is 0. The van der Waals surface area contributed by atoms with E-state index in [4.69, 9.17) is 0 Å². The van der Waals surface area contributed by atoms with Gasteiger partial charge < -0.3 is 14.2 Å². The molecule has 0 bridgehead atoms. The second-order valence-corrected chi connectivity index (χ2v) is 11.2. The number of aromatic nitrogens is 3. The first-order valence-corrected chi connectivity index (χ1v) is 13.6. The van der Waals surface area contributed by atoms with Gasteiger partial charge in [-0.15, -0.1) is 15.0 Å². The minimum atomic E-state index is -9.30. The SMILES string of the molecule is COc1nc(OCC(F)(F)C(F)(F)C(F)(F)C(F)(F)C(F)(F)C(F)(F)C(F)(F)C(F)F)nc(OC(F)(F)C(F)(F)C(F)(F)C(F)(F)C(F)(F)C(F)(F)C(F)(F)C(F)(F)C(F)F)n1. The molecule has 0 radical (unpaired) electrons. The lowest BCUT2D eigenvalue weighted by Gasteiger charge is -2.43. The smallest absolute Gasteiger partial charge is 0.467 e. The zero-order chi connectivity index (χ0) is 50.3. The Labute approximate surface area is 313 Å². The van der Waals surface area contributed by atoms with Crippen LogP contribution < -0.4 is 14.2 Å². The van der Waals surface area contributed by atoms with E-state index >= 15 is 0 Å². The van der Waals surface area contributed by atoms with Crippen LogP contribution in [0, 0.1) is 0 Å². The van der Waals surface area contributed by atoms with E-state index in [0.29, 0.717) is 0 Å². The number of hydrogen-bond donors (Lipinski definition) is 0. The Morgan fingerprint density at radius 1 is 0.355 bits per heavy atom. The molecule has 0 aliphatic heterocycles. The molecule has 0 aliphatic carbocycles. The Balaban J connectivity index is 3.73. The first kappa shape index (κ1) is 56.0. The van der Waals surface area contributed by atoms with E-state index in [1.54, 1.807) is 4.98 Å². The summed E-state index contributed by atoms with van der Waals surface area (Å²) in [6, 6.07) is -8.29. The third kappa shape index (κ3) is 7.54. The molecule has 0 aliphatic rings. The van der Waals surface area contributed by atoms with Gasteiger partial charge in [-0.1, -0.05) is 0 Å². The second-order valence-electron chi connectivity index (χ2n) is 11.2. The molecule has 0 amide bonds. The van der Waals surface area contributed by atoms with Gasteiger partial charge in [0.2, 0.25) is 0 Å². The van der Waals surface area contributed by atoms with Crippen molar-refractivity contribution in [3.05, 3.63) is 0 Å². The quantitative estimate of drug-likeness (QED) is 0.114.